The molecule has 26 heavy (non-hydrogen) atoms. The van der Waals surface area contributed by atoms with Crippen LogP contribution in [0.25, 0.3) is 0 Å². The Morgan fingerprint density at radius 2 is 1.88 bits per heavy atom. The first-order valence-corrected chi connectivity index (χ1v) is 8.85. The molecule has 1 aliphatic rings. The molecular formula is C19H24N4O3. The van der Waals surface area contributed by atoms with E-state index in [9.17, 15) is 14.4 Å². The van der Waals surface area contributed by atoms with Gasteiger partial charge >= 0.3 is 5.69 Å². The third-order valence-corrected chi connectivity index (χ3v) is 4.81. The lowest BCUT2D eigenvalue weighted by Crippen LogP contribution is -2.54. The SMILES string of the molecule is Cc1ccc(N2CCN(C(=O)CCn3ccc(=O)[nH]c3=O)[C@H](C)C2)cc1. The van der Waals surface area contributed by atoms with Crippen LogP contribution in [0.15, 0.2) is 46.1 Å². The number of anilines is 1. The predicted molar refractivity (Wildman–Crippen MR) is 101 cm³/mol. The normalized spacial score (nSPS) is 17.4. The largest absolute Gasteiger partial charge is 0.368 e. The molecule has 1 N–H and O–H groups in total. The minimum atomic E-state index is -0.484. The highest BCUT2D eigenvalue weighted by molar-refractivity contribution is 5.76. The number of aryl methyl sites for hydroxylation is 2. The second kappa shape index (κ2) is 7.59. The highest BCUT2D eigenvalue weighted by atomic mass is 16.2. The molecule has 1 aromatic carbocycles. The first-order chi connectivity index (χ1) is 12.4. The van der Waals surface area contributed by atoms with E-state index in [2.05, 4.69) is 41.1 Å². The lowest BCUT2D eigenvalue weighted by atomic mass is 10.1. The zero-order valence-electron chi connectivity index (χ0n) is 15.1. The molecule has 1 amide bonds. The number of piperazine rings is 1. The summed E-state index contributed by atoms with van der Waals surface area (Å²) in [5.74, 6) is 0.0270. The number of nitrogens with one attached hydrogen (secondary N) is 1. The van der Waals surface area contributed by atoms with Crippen molar-refractivity contribution in [3.05, 3.63) is 62.9 Å². The predicted octanol–water partition coefficient (Wildman–Crippen LogP) is 0.972. The van der Waals surface area contributed by atoms with Gasteiger partial charge in [-0.3, -0.25) is 14.6 Å². The summed E-state index contributed by atoms with van der Waals surface area (Å²) in [5, 5.41) is 0. The number of nitrogens with zero attached hydrogens (tertiary/aromatic N) is 3. The summed E-state index contributed by atoms with van der Waals surface area (Å²) >= 11 is 0. The van der Waals surface area contributed by atoms with Crippen LogP contribution in [0.1, 0.15) is 18.9 Å². The van der Waals surface area contributed by atoms with E-state index < -0.39 is 11.2 Å². The Morgan fingerprint density at radius 1 is 1.15 bits per heavy atom. The number of carbonyl (C=O) groups is 1. The van der Waals surface area contributed by atoms with E-state index >= 15 is 0 Å². The average molecular weight is 356 g/mol. The van der Waals surface area contributed by atoms with Gasteiger partial charge in [0, 0.05) is 56.6 Å². The van der Waals surface area contributed by atoms with Crippen LogP contribution < -0.4 is 16.1 Å². The van der Waals surface area contributed by atoms with Crippen LogP contribution >= 0.6 is 0 Å². The fourth-order valence-electron chi connectivity index (χ4n) is 3.30. The molecule has 0 bridgehead atoms. The maximum Gasteiger partial charge on any atom is 0.328 e. The molecule has 1 fully saturated rings. The summed E-state index contributed by atoms with van der Waals surface area (Å²) in [5.41, 5.74) is 1.49. The first kappa shape index (κ1) is 18.0. The maximum absolute atomic E-state index is 12.6. The topological polar surface area (TPSA) is 78.4 Å². The van der Waals surface area contributed by atoms with E-state index in [1.807, 2.05) is 11.8 Å². The summed E-state index contributed by atoms with van der Waals surface area (Å²) in [4.78, 5) is 41.7. The fourth-order valence-corrected chi connectivity index (χ4v) is 3.30. The minimum Gasteiger partial charge on any atom is -0.368 e. The Bertz CT molecular complexity index is 885. The monoisotopic (exact) mass is 356 g/mol. The molecule has 7 nitrogen and oxygen atoms in total. The van der Waals surface area contributed by atoms with Crippen molar-refractivity contribution in [1.29, 1.82) is 0 Å². The molecule has 0 aliphatic carbocycles. The number of aromatic amines is 1. The third-order valence-electron chi connectivity index (χ3n) is 4.81. The van der Waals surface area contributed by atoms with Crippen molar-refractivity contribution in [2.75, 3.05) is 24.5 Å². The Labute approximate surface area is 151 Å². The second-order valence-electron chi connectivity index (χ2n) is 6.77. The van der Waals surface area contributed by atoms with Gasteiger partial charge in [-0.15, -0.1) is 0 Å². The third kappa shape index (κ3) is 4.04. The van der Waals surface area contributed by atoms with Crippen LogP contribution in [-0.2, 0) is 11.3 Å². The zero-order chi connectivity index (χ0) is 18.7. The van der Waals surface area contributed by atoms with Gasteiger partial charge in [0.05, 0.1) is 0 Å². The Morgan fingerprint density at radius 3 is 2.54 bits per heavy atom. The van der Waals surface area contributed by atoms with Crippen LogP contribution in [0.4, 0.5) is 5.69 Å². The number of hydrogen-bond donors (Lipinski definition) is 1. The second-order valence-corrected chi connectivity index (χ2v) is 6.77. The van der Waals surface area contributed by atoms with Crippen molar-refractivity contribution >= 4 is 11.6 Å². The lowest BCUT2D eigenvalue weighted by Gasteiger charge is -2.41. The van der Waals surface area contributed by atoms with Crippen LogP contribution in [0, 0.1) is 6.92 Å². The van der Waals surface area contributed by atoms with Gasteiger partial charge in [0.25, 0.3) is 5.56 Å². The van der Waals surface area contributed by atoms with Gasteiger partial charge in [-0.2, -0.15) is 0 Å². The Hall–Kier alpha value is -2.83. The molecule has 1 aromatic heterocycles. The van der Waals surface area contributed by atoms with Crippen LogP contribution in [0.5, 0.6) is 0 Å². The van der Waals surface area contributed by atoms with E-state index in [1.54, 1.807) is 0 Å². The van der Waals surface area contributed by atoms with Gasteiger partial charge in [0.2, 0.25) is 5.91 Å². The summed E-state index contributed by atoms with van der Waals surface area (Å²) in [6.07, 6.45) is 1.66. The van der Waals surface area contributed by atoms with E-state index in [1.165, 1.54) is 28.1 Å². The maximum atomic E-state index is 12.6. The number of aromatic nitrogens is 2. The summed E-state index contributed by atoms with van der Waals surface area (Å²) < 4.78 is 1.35. The smallest absolute Gasteiger partial charge is 0.328 e. The molecule has 0 spiro atoms. The average Bonchev–Trinajstić information content (AvgIpc) is 2.61. The molecule has 138 valence electrons. The van der Waals surface area contributed by atoms with E-state index in [0.717, 1.165) is 13.1 Å². The Kier molecular flexibility index (Phi) is 5.25. The molecule has 1 saturated heterocycles. The van der Waals surface area contributed by atoms with Gasteiger partial charge in [-0.25, -0.2) is 4.79 Å². The van der Waals surface area contributed by atoms with E-state index in [0.29, 0.717) is 6.54 Å². The number of H-pyrrole nitrogens is 1. The highest BCUT2D eigenvalue weighted by Gasteiger charge is 2.27. The molecule has 0 unspecified atom stereocenters. The molecule has 0 radical (unpaired) electrons. The van der Waals surface area contributed by atoms with Crippen molar-refractivity contribution in [2.45, 2.75) is 32.9 Å². The van der Waals surface area contributed by atoms with Crippen LogP contribution in [0.3, 0.4) is 0 Å². The molecule has 0 saturated carbocycles. The van der Waals surface area contributed by atoms with Gasteiger partial charge in [-0.05, 0) is 26.0 Å². The number of hydrogen-bond acceptors (Lipinski definition) is 4. The summed E-state index contributed by atoms with van der Waals surface area (Å²) in [7, 11) is 0. The highest BCUT2D eigenvalue weighted by Crippen LogP contribution is 2.20. The first-order valence-electron chi connectivity index (χ1n) is 8.85. The number of benzene rings is 1. The number of amides is 1. The van der Waals surface area contributed by atoms with Crippen LogP contribution in [0.2, 0.25) is 0 Å². The Balaban J connectivity index is 1.58. The fraction of sp³-hybridized carbons (Fsp3) is 0.421. The van der Waals surface area contributed by atoms with Crippen molar-refractivity contribution in [3.63, 3.8) is 0 Å². The van der Waals surface area contributed by atoms with Gasteiger partial charge in [0.15, 0.2) is 0 Å². The quantitative estimate of drug-likeness (QED) is 0.886. The van der Waals surface area contributed by atoms with Crippen molar-refractivity contribution < 1.29 is 4.79 Å². The molecule has 3 rings (SSSR count). The number of carbonyl (C=O) groups excluding carboxylic acids is 1. The molecule has 2 aromatic rings. The minimum absolute atomic E-state index is 0.0270. The summed E-state index contributed by atoms with van der Waals surface area (Å²) in [6.45, 7) is 6.61. The van der Waals surface area contributed by atoms with Crippen molar-refractivity contribution in [1.82, 2.24) is 14.5 Å². The molecule has 2 heterocycles. The number of rotatable bonds is 4. The summed E-state index contributed by atoms with van der Waals surface area (Å²) in [6, 6.07) is 9.81. The zero-order valence-corrected chi connectivity index (χ0v) is 15.1. The molecule has 1 atom stereocenters. The van der Waals surface area contributed by atoms with Crippen molar-refractivity contribution in [2.24, 2.45) is 0 Å². The molecule has 1 aliphatic heterocycles. The van der Waals surface area contributed by atoms with E-state index in [-0.39, 0.29) is 24.9 Å². The molecule has 7 heteroatoms. The lowest BCUT2D eigenvalue weighted by molar-refractivity contribution is -0.133. The van der Waals surface area contributed by atoms with Gasteiger partial charge < -0.3 is 14.4 Å². The van der Waals surface area contributed by atoms with Crippen LogP contribution in [-0.4, -0.2) is 46.0 Å². The van der Waals surface area contributed by atoms with E-state index in [4.69, 9.17) is 0 Å². The van der Waals surface area contributed by atoms with Gasteiger partial charge in [0.1, 0.15) is 0 Å². The van der Waals surface area contributed by atoms with Crippen molar-refractivity contribution in [3.8, 4) is 0 Å². The molecular weight excluding hydrogens is 332 g/mol. The standard InChI is InChI=1S/C19H24N4O3/c1-14-3-5-16(6-4-14)22-11-12-23(15(2)13-22)18(25)8-10-21-9-7-17(24)20-19(21)26/h3-7,9,15H,8,10-13H2,1-2H3,(H,20,24,26)/t15-/m1/s1. The van der Waals surface area contributed by atoms with Gasteiger partial charge in [-0.1, -0.05) is 17.7 Å².